The van der Waals surface area contributed by atoms with Gasteiger partial charge in [-0.2, -0.15) is 10.2 Å². The first-order chi connectivity index (χ1) is 16.5. The number of benzene rings is 1. The molecule has 0 spiro atoms. The maximum atomic E-state index is 12.4. The summed E-state index contributed by atoms with van der Waals surface area (Å²) >= 11 is 0. The number of likely N-dealkylation sites (tertiary alicyclic amines) is 1. The summed E-state index contributed by atoms with van der Waals surface area (Å²) in [5, 5.41) is 10.7. The van der Waals surface area contributed by atoms with Crippen molar-refractivity contribution in [2.24, 2.45) is 7.05 Å². The number of ether oxygens (including phenoxy) is 1. The molecule has 2 N–H and O–H groups in total. The smallest absolute Gasteiger partial charge is 0.246 e. The first-order valence-electron chi connectivity index (χ1n) is 10.8. The molecule has 34 heavy (non-hydrogen) atoms. The van der Waals surface area contributed by atoms with Crippen molar-refractivity contribution in [1.82, 2.24) is 34.4 Å². The molecule has 1 amide bonds. The number of carbonyl (C=O) groups is 1. The van der Waals surface area contributed by atoms with E-state index < -0.39 is 0 Å². The van der Waals surface area contributed by atoms with Gasteiger partial charge in [-0.25, -0.2) is 14.6 Å². The van der Waals surface area contributed by atoms with E-state index in [2.05, 4.69) is 33.5 Å². The quantitative estimate of drug-likeness (QED) is 0.367. The molecule has 10 nitrogen and oxygen atoms in total. The highest BCUT2D eigenvalue weighted by Gasteiger charge is 2.37. The zero-order chi connectivity index (χ0) is 23.8. The van der Waals surface area contributed by atoms with E-state index in [1.807, 2.05) is 36.1 Å². The minimum atomic E-state index is -0.138. The number of aromatic nitrogens is 6. The molecule has 172 valence electrons. The normalized spacial score (nSPS) is 17.8. The minimum Gasteiger partial charge on any atom is -0.383 e. The fourth-order valence-corrected chi connectivity index (χ4v) is 4.52. The molecule has 0 bridgehead atoms. The van der Waals surface area contributed by atoms with E-state index in [4.69, 9.17) is 15.6 Å². The number of aryl methyl sites for hydroxylation is 1. The SMILES string of the molecule is C=CC(=O)N1C[C@@H](n2nc(C#Cc3ccc4c(cnn4C)c3)c3c(N)ncnc32)C[C@@H]1COC. The van der Waals surface area contributed by atoms with Gasteiger partial charge in [0.05, 0.1) is 35.8 Å². The average Bonchev–Trinajstić information content (AvgIpc) is 3.53. The number of methoxy groups -OCH3 is 1. The Bertz CT molecular complexity index is 1470. The van der Waals surface area contributed by atoms with Gasteiger partial charge >= 0.3 is 0 Å². The lowest BCUT2D eigenvalue weighted by Crippen LogP contribution is -2.37. The van der Waals surface area contributed by atoms with Crippen molar-refractivity contribution in [2.45, 2.75) is 18.5 Å². The summed E-state index contributed by atoms with van der Waals surface area (Å²) < 4.78 is 8.96. The van der Waals surface area contributed by atoms with Gasteiger partial charge in [0.1, 0.15) is 17.8 Å². The van der Waals surface area contributed by atoms with Crippen LogP contribution in [0.15, 0.2) is 43.4 Å². The van der Waals surface area contributed by atoms with Crippen LogP contribution in [0.1, 0.15) is 23.7 Å². The lowest BCUT2D eigenvalue weighted by atomic mass is 10.1. The molecular weight excluding hydrogens is 432 g/mol. The molecule has 5 rings (SSSR count). The minimum absolute atomic E-state index is 0.0836. The topological polar surface area (TPSA) is 117 Å². The number of nitrogens with zero attached hydrogens (tertiary/aromatic N) is 7. The number of nitrogen functional groups attached to an aromatic ring is 1. The van der Waals surface area contributed by atoms with Gasteiger partial charge < -0.3 is 15.4 Å². The van der Waals surface area contributed by atoms with Crippen molar-refractivity contribution in [3.63, 3.8) is 0 Å². The van der Waals surface area contributed by atoms with Crippen LogP contribution in [0, 0.1) is 11.8 Å². The number of anilines is 1. The molecule has 1 aliphatic rings. The van der Waals surface area contributed by atoms with Crippen molar-refractivity contribution in [2.75, 3.05) is 26.0 Å². The molecule has 0 radical (unpaired) electrons. The van der Waals surface area contributed by atoms with Crippen LogP contribution < -0.4 is 5.73 Å². The number of rotatable bonds is 4. The van der Waals surface area contributed by atoms with Gasteiger partial charge in [0.15, 0.2) is 5.65 Å². The Labute approximate surface area is 196 Å². The Balaban J connectivity index is 1.54. The standard InChI is InChI=1S/C24H24N8O2/c1-4-21(33)31-12-17(10-18(31)13-34-3)32-24-22(23(25)26-14-27-24)19(29-32)7-5-15-6-8-20-16(9-15)11-28-30(20)2/h4,6,8-9,11,14,17-18H,1,10,12-13H2,2-3H3,(H2,25,26,27)/t17-,18+/m0/s1. The fourth-order valence-electron chi connectivity index (χ4n) is 4.52. The van der Waals surface area contributed by atoms with Gasteiger partial charge in [-0.15, -0.1) is 0 Å². The zero-order valence-corrected chi connectivity index (χ0v) is 19.0. The summed E-state index contributed by atoms with van der Waals surface area (Å²) in [6.45, 7) is 4.51. The molecule has 10 heteroatoms. The summed E-state index contributed by atoms with van der Waals surface area (Å²) in [5.74, 6) is 6.51. The van der Waals surface area contributed by atoms with Gasteiger partial charge in [0.2, 0.25) is 5.91 Å². The summed E-state index contributed by atoms with van der Waals surface area (Å²) in [4.78, 5) is 22.7. The molecule has 1 fully saturated rings. The van der Waals surface area contributed by atoms with Crippen molar-refractivity contribution >= 4 is 33.7 Å². The predicted octanol–water partition coefficient (Wildman–Crippen LogP) is 1.67. The first kappa shape index (κ1) is 21.6. The van der Waals surface area contributed by atoms with E-state index >= 15 is 0 Å². The lowest BCUT2D eigenvalue weighted by Gasteiger charge is -2.22. The summed E-state index contributed by atoms with van der Waals surface area (Å²) in [7, 11) is 3.52. The second-order valence-electron chi connectivity index (χ2n) is 8.24. The fraction of sp³-hybridized carbons (Fsp3) is 0.292. The van der Waals surface area contributed by atoms with E-state index in [9.17, 15) is 4.79 Å². The van der Waals surface area contributed by atoms with Crippen LogP contribution in [0.2, 0.25) is 0 Å². The largest absolute Gasteiger partial charge is 0.383 e. The number of carbonyl (C=O) groups excluding carboxylic acids is 1. The second kappa shape index (κ2) is 8.61. The van der Waals surface area contributed by atoms with Gasteiger partial charge in [-0.3, -0.25) is 9.48 Å². The molecular formula is C24H24N8O2. The second-order valence-corrected chi connectivity index (χ2v) is 8.24. The van der Waals surface area contributed by atoms with Crippen LogP contribution in [0.3, 0.4) is 0 Å². The summed E-state index contributed by atoms with van der Waals surface area (Å²) in [6, 6.07) is 5.73. The van der Waals surface area contributed by atoms with E-state index in [0.29, 0.717) is 42.1 Å². The van der Waals surface area contributed by atoms with E-state index in [1.54, 1.807) is 16.7 Å². The maximum Gasteiger partial charge on any atom is 0.246 e. The highest BCUT2D eigenvalue weighted by Crippen LogP contribution is 2.32. The Morgan fingerprint density at radius 1 is 1.35 bits per heavy atom. The van der Waals surface area contributed by atoms with Gasteiger partial charge in [-0.05, 0) is 36.6 Å². The van der Waals surface area contributed by atoms with Gasteiger partial charge in [0, 0.05) is 31.7 Å². The summed E-state index contributed by atoms with van der Waals surface area (Å²) in [5.41, 5.74) is 9.16. The van der Waals surface area contributed by atoms with Gasteiger partial charge in [-0.1, -0.05) is 12.5 Å². The molecule has 4 heterocycles. The Morgan fingerprint density at radius 2 is 2.21 bits per heavy atom. The molecule has 4 aromatic rings. The number of hydrogen-bond donors (Lipinski definition) is 1. The molecule has 0 saturated carbocycles. The molecule has 1 aliphatic heterocycles. The van der Waals surface area contributed by atoms with Crippen LogP contribution in [-0.4, -0.2) is 66.6 Å². The van der Waals surface area contributed by atoms with Crippen molar-refractivity contribution < 1.29 is 9.53 Å². The van der Waals surface area contributed by atoms with Crippen molar-refractivity contribution in [3.05, 3.63) is 54.6 Å². The van der Waals surface area contributed by atoms with Crippen molar-refractivity contribution in [1.29, 1.82) is 0 Å². The van der Waals surface area contributed by atoms with Crippen molar-refractivity contribution in [3.8, 4) is 11.8 Å². The highest BCUT2D eigenvalue weighted by molar-refractivity contribution is 5.91. The molecule has 2 atom stereocenters. The van der Waals surface area contributed by atoms with Crippen LogP contribution in [0.4, 0.5) is 5.82 Å². The van der Waals surface area contributed by atoms with Crippen LogP contribution in [0.25, 0.3) is 21.9 Å². The number of fused-ring (bicyclic) bond motifs is 2. The molecule has 0 aliphatic carbocycles. The lowest BCUT2D eigenvalue weighted by molar-refractivity contribution is -0.127. The zero-order valence-electron chi connectivity index (χ0n) is 19.0. The maximum absolute atomic E-state index is 12.4. The predicted molar refractivity (Wildman–Crippen MR) is 128 cm³/mol. The monoisotopic (exact) mass is 456 g/mol. The third-order valence-corrected chi connectivity index (χ3v) is 6.14. The Kier molecular flexibility index (Phi) is 5.47. The third kappa shape index (κ3) is 3.66. The van der Waals surface area contributed by atoms with Crippen LogP contribution >= 0.6 is 0 Å². The number of hydrogen-bond acceptors (Lipinski definition) is 7. The molecule has 0 unspecified atom stereocenters. The molecule has 1 aromatic carbocycles. The Hall–Kier alpha value is -4.23. The average molecular weight is 457 g/mol. The Morgan fingerprint density at radius 3 is 3.00 bits per heavy atom. The molecule has 3 aromatic heterocycles. The first-order valence-corrected chi connectivity index (χ1v) is 10.8. The van der Waals surface area contributed by atoms with E-state index in [0.717, 1.165) is 16.5 Å². The highest BCUT2D eigenvalue weighted by atomic mass is 16.5. The van der Waals surface area contributed by atoms with E-state index in [1.165, 1.54) is 12.4 Å². The van der Waals surface area contributed by atoms with E-state index in [-0.39, 0.29) is 18.0 Å². The van der Waals surface area contributed by atoms with Gasteiger partial charge in [0.25, 0.3) is 0 Å². The van der Waals surface area contributed by atoms with Crippen LogP contribution in [0.5, 0.6) is 0 Å². The number of amides is 1. The summed E-state index contributed by atoms with van der Waals surface area (Å²) in [6.07, 6.45) is 5.21. The van der Waals surface area contributed by atoms with Crippen LogP contribution in [-0.2, 0) is 16.6 Å². The number of nitrogens with two attached hydrogens (primary N) is 1. The third-order valence-electron chi connectivity index (χ3n) is 6.14. The molecule has 1 saturated heterocycles.